The molecule has 1 aliphatic rings. The summed E-state index contributed by atoms with van der Waals surface area (Å²) in [6.45, 7) is 4.97. The molecule has 0 aromatic carbocycles. The van der Waals surface area contributed by atoms with Crippen LogP contribution in [0.4, 0.5) is 0 Å². The second-order valence-electron chi connectivity index (χ2n) is 2.53. The van der Waals surface area contributed by atoms with Gasteiger partial charge in [-0.05, 0) is 0 Å². The van der Waals surface area contributed by atoms with E-state index in [1.54, 1.807) is 0 Å². The van der Waals surface area contributed by atoms with E-state index in [0.717, 1.165) is 0 Å². The van der Waals surface area contributed by atoms with Crippen molar-refractivity contribution in [3.05, 3.63) is 12.3 Å². The first kappa shape index (κ1) is 8.07. The maximum absolute atomic E-state index is 10.7. The number of nitrogens with two attached hydrogens (primary N) is 1. The lowest BCUT2D eigenvalue weighted by Gasteiger charge is -2.25. The molecule has 0 aromatic rings. The van der Waals surface area contributed by atoms with Crippen LogP contribution in [0.2, 0.25) is 0 Å². The van der Waals surface area contributed by atoms with Gasteiger partial charge in [0.1, 0.15) is 5.70 Å². The van der Waals surface area contributed by atoms with E-state index >= 15 is 0 Å². The van der Waals surface area contributed by atoms with Crippen LogP contribution in [-0.2, 0) is 14.3 Å². The van der Waals surface area contributed by atoms with Crippen LogP contribution in [0.1, 0.15) is 0 Å². The Hall–Kier alpha value is -1.03. The average Bonchev–Trinajstić information content (AvgIpc) is 1.83. The molecule has 1 rings (SSSR count). The van der Waals surface area contributed by atoms with Gasteiger partial charge in [0.25, 0.3) is 0 Å². The quantitative estimate of drug-likeness (QED) is 0.449. The van der Waals surface area contributed by atoms with Gasteiger partial charge in [-0.15, -0.1) is 0 Å². The third-order valence-electron chi connectivity index (χ3n) is 1.42. The second-order valence-corrected chi connectivity index (χ2v) is 2.53. The summed E-state index contributed by atoms with van der Waals surface area (Å²) in [5.41, 5.74) is 5.03. The van der Waals surface area contributed by atoms with E-state index in [2.05, 4.69) is 6.58 Å². The van der Waals surface area contributed by atoms with Crippen LogP contribution < -0.4 is 5.73 Å². The molecule has 0 aliphatic carbocycles. The SMILES string of the molecule is C=C(N)C(=O)OCC1COC1. The van der Waals surface area contributed by atoms with Gasteiger partial charge in [-0.25, -0.2) is 4.79 Å². The van der Waals surface area contributed by atoms with Crippen molar-refractivity contribution in [2.45, 2.75) is 0 Å². The molecule has 1 saturated heterocycles. The van der Waals surface area contributed by atoms with Crippen LogP contribution in [0.5, 0.6) is 0 Å². The van der Waals surface area contributed by atoms with Crippen molar-refractivity contribution >= 4 is 5.97 Å². The Bertz CT molecular complexity index is 175. The molecule has 0 spiro atoms. The summed E-state index contributed by atoms with van der Waals surface area (Å²) in [7, 11) is 0. The molecule has 1 fully saturated rings. The third-order valence-corrected chi connectivity index (χ3v) is 1.42. The minimum Gasteiger partial charge on any atom is -0.461 e. The maximum Gasteiger partial charge on any atom is 0.353 e. The lowest BCUT2D eigenvalue weighted by Crippen LogP contribution is -2.33. The summed E-state index contributed by atoms with van der Waals surface area (Å²) in [5.74, 6) is -0.185. The Morgan fingerprint density at radius 1 is 1.73 bits per heavy atom. The molecule has 2 N–H and O–H groups in total. The zero-order valence-corrected chi connectivity index (χ0v) is 6.21. The number of carbonyl (C=O) groups excluding carboxylic acids is 1. The Labute approximate surface area is 65.0 Å². The monoisotopic (exact) mass is 157 g/mol. The van der Waals surface area contributed by atoms with Crippen molar-refractivity contribution in [1.82, 2.24) is 0 Å². The van der Waals surface area contributed by atoms with Gasteiger partial charge in [0.2, 0.25) is 0 Å². The highest BCUT2D eigenvalue weighted by molar-refractivity contribution is 5.86. The van der Waals surface area contributed by atoms with Crippen LogP contribution in [0, 0.1) is 5.92 Å². The van der Waals surface area contributed by atoms with Crippen LogP contribution >= 0.6 is 0 Å². The van der Waals surface area contributed by atoms with Crippen LogP contribution in [-0.4, -0.2) is 25.8 Å². The van der Waals surface area contributed by atoms with E-state index in [0.29, 0.717) is 25.7 Å². The smallest absolute Gasteiger partial charge is 0.353 e. The van der Waals surface area contributed by atoms with E-state index in [1.165, 1.54) is 0 Å². The predicted molar refractivity (Wildman–Crippen MR) is 38.6 cm³/mol. The molecule has 62 valence electrons. The Balaban J connectivity index is 2.10. The number of hydrogen-bond donors (Lipinski definition) is 1. The molecular formula is C7H11NO3. The van der Waals surface area contributed by atoms with Crippen molar-refractivity contribution in [2.24, 2.45) is 11.7 Å². The molecule has 4 heteroatoms. The number of esters is 1. The number of rotatable bonds is 3. The third kappa shape index (κ3) is 2.23. The topological polar surface area (TPSA) is 61.6 Å². The van der Waals surface area contributed by atoms with E-state index in [9.17, 15) is 4.79 Å². The van der Waals surface area contributed by atoms with Crippen molar-refractivity contribution < 1.29 is 14.3 Å². The van der Waals surface area contributed by atoms with Crippen molar-refractivity contribution in [3.8, 4) is 0 Å². The summed E-state index contributed by atoms with van der Waals surface area (Å²) < 4.78 is 9.65. The average molecular weight is 157 g/mol. The van der Waals surface area contributed by atoms with Gasteiger partial charge in [0, 0.05) is 5.92 Å². The normalized spacial score (nSPS) is 17.1. The van der Waals surface area contributed by atoms with Gasteiger partial charge in [0.15, 0.2) is 0 Å². The molecule has 1 heterocycles. The van der Waals surface area contributed by atoms with Gasteiger partial charge >= 0.3 is 5.97 Å². The zero-order chi connectivity index (χ0) is 8.27. The number of hydrogen-bond acceptors (Lipinski definition) is 4. The summed E-state index contributed by atoms with van der Waals surface area (Å²) in [6.07, 6.45) is 0. The Morgan fingerprint density at radius 3 is 2.73 bits per heavy atom. The first-order valence-electron chi connectivity index (χ1n) is 3.39. The first-order chi connectivity index (χ1) is 5.20. The van der Waals surface area contributed by atoms with Crippen molar-refractivity contribution in [2.75, 3.05) is 19.8 Å². The van der Waals surface area contributed by atoms with E-state index in [1.807, 2.05) is 0 Å². The molecule has 0 aromatic heterocycles. The lowest BCUT2D eigenvalue weighted by molar-refractivity contribution is -0.146. The predicted octanol–water partition coefficient (Wildman–Crippen LogP) is -0.352. The van der Waals surface area contributed by atoms with Crippen LogP contribution in [0.15, 0.2) is 12.3 Å². The van der Waals surface area contributed by atoms with Gasteiger partial charge in [-0.3, -0.25) is 0 Å². The summed E-state index contributed by atoms with van der Waals surface area (Å²) in [6, 6.07) is 0. The highest BCUT2D eigenvalue weighted by atomic mass is 16.5. The minimum absolute atomic E-state index is 0.0507. The van der Waals surface area contributed by atoms with Crippen LogP contribution in [0.25, 0.3) is 0 Å². The maximum atomic E-state index is 10.7. The summed E-state index contributed by atoms with van der Waals surface area (Å²) in [4.78, 5) is 10.7. The van der Waals surface area contributed by atoms with E-state index in [-0.39, 0.29) is 5.70 Å². The molecule has 11 heavy (non-hydrogen) atoms. The molecule has 0 atom stereocenters. The Kier molecular flexibility index (Phi) is 2.48. The van der Waals surface area contributed by atoms with Gasteiger partial charge in [0.05, 0.1) is 19.8 Å². The largest absolute Gasteiger partial charge is 0.461 e. The van der Waals surface area contributed by atoms with E-state index < -0.39 is 5.97 Å². The zero-order valence-electron chi connectivity index (χ0n) is 6.21. The molecule has 4 nitrogen and oxygen atoms in total. The van der Waals surface area contributed by atoms with E-state index in [4.69, 9.17) is 15.2 Å². The highest BCUT2D eigenvalue weighted by Crippen LogP contribution is 2.09. The van der Waals surface area contributed by atoms with Gasteiger partial charge < -0.3 is 15.2 Å². The molecule has 0 amide bonds. The fraction of sp³-hybridized carbons (Fsp3) is 0.571. The molecule has 0 unspecified atom stereocenters. The second kappa shape index (κ2) is 3.39. The lowest BCUT2D eigenvalue weighted by atomic mass is 10.1. The Morgan fingerprint density at radius 2 is 2.36 bits per heavy atom. The van der Waals surface area contributed by atoms with Gasteiger partial charge in [-0.1, -0.05) is 6.58 Å². The van der Waals surface area contributed by atoms with Crippen LogP contribution in [0.3, 0.4) is 0 Å². The molecule has 0 saturated carbocycles. The molecule has 1 aliphatic heterocycles. The minimum atomic E-state index is -0.531. The summed E-state index contributed by atoms with van der Waals surface area (Å²) in [5, 5.41) is 0. The number of carbonyl (C=O) groups is 1. The highest BCUT2D eigenvalue weighted by Gasteiger charge is 2.20. The standard InChI is InChI=1S/C7H11NO3/c1-5(8)7(9)11-4-6-2-10-3-6/h6H,1-4,8H2. The fourth-order valence-electron chi connectivity index (χ4n) is 0.667. The number of ether oxygens (including phenoxy) is 2. The summed E-state index contributed by atoms with van der Waals surface area (Å²) >= 11 is 0. The molecule has 0 radical (unpaired) electrons. The first-order valence-corrected chi connectivity index (χ1v) is 3.39. The van der Waals surface area contributed by atoms with Gasteiger partial charge in [-0.2, -0.15) is 0 Å². The molecule has 0 bridgehead atoms. The van der Waals surface area contributed by atoms with Crippen molar-refractivity contribution in [3.63, 3.8) is 0 Å². The fourth-order valence-corrected chi connectivity index (χ4v) is 0.667. The molecular weight excluding hydrogens is 146 g/mol. The van der Waals surface area contributed by atoms with Crippen molar-refractivity contribution in [1.29, 1.82) is 0 Å².